The monoisotopic (exact) mass is 885 g/mol. The van der Waals surface area contributed by atoms with E-state index in [1.807, 2.05) is 18.2 Å². The Morgan fingerprint density at radius 1 is 0.968 bits per heavy atom. The number of Topliss-reactive ketones (excluding diaryl/α,β-unsaturated/α-hetero) is 1. The number of pyridine rings is 1. The van der Waals surface area contributed by atoms with Crippen molar-refractivity contribution in [3.8, 4) is 11.6 Å². The fourth-order valence-electron chi connectivity index (χ4n) is 10.9. The normalized spacial score (nSPS) is 31.0. The summed E-state index contributed by atoms with van der Waals surface area (Å²) in [7, 11) is -3.95. The maximum absolute atomic E-state index is 15.2. The number of rotatable bonds is 14. The molecule has 1 saturated heterocycles. The van der Waals surface area contributed by atoms with E-state index in [2.05, 4.69) is 17.4 Å². The Hall–Kier alpha value is -4.00. The molecule has 2 amide bonds. The summed E-state index contributed by atoms with van der Waals surface area (Å²) in [6.45, 7) is 6.21. The zero-order valence-electron chi connectivity index (χ0n) is 37.2. The van der Waals surface area contributed by atoms with Crippen LogP contribution >= 0.6 is 0 Å². The van der Waals surface area contributed by atoms with E-state index >= 15 is 4.79 Å². The zero-order chi connectivity index (χ0) is 43.9. The van der Waals surface area contributed by atoms with Crippen molar-refractivity contribution in [2.24, 2.45) is 35.0 Å². The third kappa shape index (κ3) is 9.69. The number of ketones is 1. The number of benzene rings is 1. The summed E-state index contributed by atoms with van der Waals surface area (Å²) in [5.41, 5.74) is 0.353. The van der Waals surface area contributed by atoms with Crippen LogP contribution in [0.5, 0.6) is 11.6 Å². The van der Waals surface area contributed by atoms with E-state index in [0.29, 0.717) is 37.7 Å². The molecule has 5 saturated carbocycles. The van der Waals surface area contributed by atoms with Crippen LogP contribution in [0.15, 0.2) is 36.9 Å². The molecule has 1 aromatic carbocycles. The highest BCUT2D eigenvalue weighted by Gasteiger charge is 2.62. The predicted octanol–water partition coefficient (Wildman–Crippen LogP) is 8.33. The van der Waals surface area contributed by atoms with Crippen molar-refractivity contribution in [3.63, 3.8) is 0 Å². The topological polar surface area (TPSA) is 158 Å². The van der Waals surface area contributed by atoms with Gasteiger partial charge in [0.25, 0.3) is 0 Å². The predicted molar refractivity (Wildman–Crippen MR) is 238 cm³/mol. The van der Waals surface area contributed by atoms with Crippen LogP contribution in [0.3, 0.4) is 0 Å². The molecule has 7 atom stereocenters. The second-order valence-corrected chi connectivity index (χ2v) is 22.8. The molecule has 2 bridgehead atoms. The summed E-state index contributed by atoms with van der Waals surface area (Å²) in [6.07, 6.45) is 17.9. The highest BCUT2D eigenvalue weighted by atomic mass is 32.2. The lowest BCUT2D eigenvalue weighted by Crippen LogP contribution is -2.48. The molecule has 13 heteroatoms. The van der Waals surface area contributed by atoms with Crippen LogP contribution in [0, 0.1) is 35.0 Å². The number of aromatic nitrogens is 1. The molecular formula is C50H67N3O9S. The van der Waals surface area contributed by atoms with Crippen molar-refractivity contribution in [1.29, 1.82) is 0 Å². The smallest absolute Gasteiger partial charge is 0.306 e. The van der Waals surface area contributed by atoms with Gasteiger partial charge in [-0.25, -0.2) is 13.4 Å². The highest BCUT2D eigenvalue weighted by Crippen LogP contribution is 2.57. The number of nitrogens with zero attached hydrogens (tertiary/aromatic N) is 2. The number of esters is 1. The summed E-state index contributed by atoms with van der Waals surface area (Å²) in [6, 6.07) is 7.00. The van der Waals surface area contributed by atoms with Crippen molar-refractivity contribution >= 4 is 44.5 Å². The van der Waals surface area contributed by atoms with Crippen LogP contribution in [0.2, 0.25) is 0 Å². The first kappa shape index (κ1) is 44.2. The van der Waals surface area contributed by atoms with Crippen LogP contribution in [0.4, 0.5) is 0 Å². The fraction of sp³-hybridized carbons (Fsp3) is 0.700. The first-order chi connectivity index (χ1) is 30.4. The number of carbonyl (C=O) groups excluding carboxylic acids is 4. The van der Waals surface area contributed by atoms with Crippen molar-refractivity contribution in [2.75, 3.05) is 13.2 Å². The average molecular weight is 886 g/mol. The molecule has 2 aromatic rings. The molecule has 12 nitrogen and oxygen atoms in total. The summed E-state index contributed by atoms with van der Waals surface area (Å²) >= 11 is 0. The van der Waals surface area contributed by atoms with Gasteiger partial charge in [0.15, 0.2) is 5.78 Å². The fourth-order valence-corrected chi connectivity index (χ4v) is 12.3. The standard InChI is InChI=1S/C50H67N3O9S/c1-3-35-29-50(35,48(57)52-63(58,59)49(2)23-24-49)30-42(54)41-27-36-31-53(41)47(56)39(33-15-6-4-7-16-33)28-44(55)62-43-26-34(43)17-8-5-9-19-38-45(60-25-13-12-14-32-21-22-32)37-18-10-11-20-40(37)51-46(38)61-36/h3,10-11,18,20,32-36,39,41,43H,1,4-9,12-17,19,21-31H2,2H3,(H,52,57)/t34-,35-,36-,39+,41+,43-,50?/m1/s1. The lowest BCUT2D eigenvalue weighted by atomic mass is 9.77. The minimum Gasteiger partial charge on any atom is -0.492 e. The summed E-state index contributed by atoms with van der Waals surface area (Å²) in [4.78, 5) is 64.4. The second kappa shape index (κ2) is 18.1. The van der Waals surface area contributed by atoms with E-state index in [9.17, 15) is 22.8 Å². The number of sulfonamides is 1. The number of carbonyl (C=O) groups is 4. The number of amides is 2. The lowest BCUT2D eigenvalue weighted by Gasteiger charge is -2.34. The first-order valence-electron chi connectivity index (χ1n) is 24.3. The van der Waals surface area contributed by atoms with Gasteiger partial charge >= 0.3 is 5.97 Å². The summed E-state index contributed by atoms with van der Waals surface area (Å²) < 4.78 is 47.5. The third-order valence-electron chi connectivity index (χ3n) is 15.8. The van der Waals surface area contributed by atoms with Gasteiger partial charge in [-0.1, -0.05) is 69.6 Å². The van der Waals surface area contributed by atoms with Gasteiger partial charge in [-0.15, -0.1) is 6.58 Å². The summed E-state index contributed by atoms with van der Waals surface area (Å²) in [5, 5.41) is 0.931. The first-order valence-corrected chi connectivity index (χ1v) is 25.8. The third-order valence-corrected chi connectivity index (χ3v) is 18.0. The molecule has 2 aliphatic heterocycles. The zero-order valence-corrected chi connectivity index (χ0v) is 38.0. The van der Waals surface area contributed by atoms with E-state index in [1.165, 1.54) is 19.3 Å². The molecule has 1 unspecified atom stereocenters. The average Bonchev–Trinajstić information content (AvgIpc) is 4.11. The Balaban J connectivity index is 1.04. The molecule has 5 aliphatic carbocycles. The molecule has 0 spiro atoms. The molecule has 1 N–H and O–H groups in total. The van der Waals surface area contributed by atoms with Gasteiger partial charge in [0.05, 0.1) is 52.8 Å². The number of allylic oxidation sites excluding steroid dienone is 1. The number of nitrogens with one attached hydrogen (secondary N) is 1. The van der Waals surface area contributed by atoms with Crippen molar-refractivity contribution < 1.29 is 41.8 Å². The maximum atomic E-state index is 15.2. The maximum Gasteiger partial charge on any atom is 0.306 e. The van der Waals surface area contributed by atoms with Gasteiger partial charge in [-0.3, -0.25) is 23.9 Å². The van der Waals surface area contributed by atoms with E-state index < -0.39 is 50.1 Å². The Kier molecular flexibility index (Phi) is 12.7. The van der Waals surface area contributed by atoms with Crippen molar-refractivity contribution in [3.05, 3.63) is 42.5 Å². The second-order valence-electron chi connectivity index (χ2n) is 20.6. The number of hydrogen-bond donors (Lipinski definition) is 1. The molecule has 7 aliphatic rings. The van der Waals surface area contributed by atoms with Crippen LogP contribution in [-0.2, 0) is 40.4 Å². The molecule has 0 radical (unpaired) electrons. The SMILES string of the molecule is C=C[C@@H]1CC1(CC(=O)[C@@H]1C[C@@H]2CN1C(=O)[C@H](C1CCCCC1)CC(=O)O[C@@H]1C[C@H]1CCCCCc1c(nc3ccccc3c1OCCCCC1CC1)O2)C(=O)NS(=O)(=O)C1(C)CC1. The Bertz CT molecular complexity index is 2200. The van der Waals surface area contributed by atoms with Crippen LogP contribution < -0.4 is 14.2 Å². The van der Waals surface area contributed by atoms with Gasteiger partial charge in [0.1, 0.15) is 18.0 Å². The largest absolute Gasteiger partial charge is 0.492 e. The minimum atomic E-state index is -3.95. The van der Waals surface area contributed by atoms with Crippen LogP contribution in [0.1, 0.15) is 147 Å². The Morgan fingerprint density at radius 2 is 1.71 bits per heavy atom. The quantitative estimate of drug-likeness (QED) is 0.111. The van der Waals surface area contributed by atoms with E-state index in [0.717, 1.165) is 105 Å². The van der Waals surface area contributed by atoms with Gasteiger partial charge in [-0.05, 0) is 113 Å². The molecule has 9 rings (SSSR count). The van der Waals surface area contributed by atoms with Gasteiger partial charge in [0.2, 0.25) is 27.7 Å². The van der Waals surface area contributed by atoms with E-state index in [1.54, 1.807) is 17.9 Å². The lowest BCUT2D eigenvalue weighted by molar-refractivity contribution is -0.153. The van der Waals surface area contributed by atoms with Crippen LogP contribution in [-0.4, -0.2) is 78.0 Å². The number of unbranched alkanes of at least 4 members (excludes halogenated alkanes) is 1. The minimum absolute atomic E-state index is 0.0347. The number of ether oxygens (including phenoxy) is 3. The Labute approximate surface area is 373 Å². The van der Waals surface area contributed by atoms with E-state index in [-0.39, 0.29) is 61.9 Å². The van der Waals surface area contributed by atoms with Gasteiger partial charge in [-0.2, -0.15) is 0 Å². The molecule has 1 aromatic heterocycles. The van der Waals surface area contributed by atoms with Crippen molar-refractivity contribution in [1.82, 2.24) is 14.6 Å². The summed E-state index contributed by atoms with van der Waals surface area (Å²) in [5.74, 6) is -0.322. The Morgan fingerprint density at radius 3 is 2.44 bits per heavy atom. The molecule has 6 fully saturated rings. The van der Waals surface area contributed by atoms with Crippen LogP contribution in [0.25, 0.3) is 10.9 Å². The van der Waals surface area contributed by atoms with Gasteiger partial charge in [0, 0.05) is 18.2 Å². The molecule has 3 heterocycles. The molecular weight excluding hydrogens is 819 g/mol. The highest BCUT2D eigenvalue weighted by molar-refractivity contribution is 7.91. The number of para-hydroxylation sites is 1. The van der Waals surface area contributed by atoms with Gasteiger partial charge < -0.3 is 19.1 Å². The van der Waals surface area contributed by atoms with Crippen molar-refractivity contribution in [2.45, 2.75) is 171 Å². The molecule has 342 valence electrons. The molecule has 63 heavy (non-hydrogen) atoms. The van der Waals surface area contributed by atoms with E-state index in [4.69, 9.17) is 19.2 Å². The number of hydrogen-bond acceptors (Lipinski definition) is 10. The number of fused-ring (bicyclic) bond motifs is 5.